The maximum absolute atomic E-state index is 12.8. The highest BCUT2D eigenvalue weighted by Gasteiger charge is 2.25. The molecule has 1 N–H and O–H groups in total. The Labute approximate surface area is 354 Å². The first-order valence-electron chi connectivity index (χ1n) is 24.4. The Kier molecular flexibility index (Phi) is 41.4. The summed E-state index contributed by atoms with van der Waals surface area (Å²) in [6, 6.07) is 0. The van der Waals surface area contributed by atoms with Crippen molar-refractivity contribution in [3.63, 3.8) is 0 Å². The van der Waals surface area contributed by atoms with Gasteiger partial charge in [-0.25, -0.2) is 4.57 Å². The molecule has 0 heterocycles. The van der Waals surface area contributed by atoms with Crippen LogP contribution in [0.3, 0.4) is 0 Å². The monoisotopic (exact) mass is 831 g/mol. The highest BCUT2D eigenvalue weighted by molar-refractivity contribution is 7.47. The molecule has 1 unspecified atom stereocenters. The lowest BCUT2D eigenvalue weighted by Gasteiger charge is -2.23. The number of carbonyl (C=O) groups is 1. The zero-order chi connectivity index (χ0) is 42.0. The predicted molar refractivity (Wildman–Crippen MR) is 243 cm³/mol. The molecule has 0 amide bonds. The average molecular weight is 831 g/mol. The Morgan fingerprint density at radius 3 is 1.40 bits per heavy atom. The van der Waals surface area contributed by atoms with E-state index in [2.05, 4.69) is 47.1 Å². The number of carbonyl (C=O) groups excluding carboxylic acids is 1. The number of ether oxygens (including phenoxy) is 2. The number of phosphoric acid groups is 1. The van der Waals surface area contributed by atoms with Gasteiger partial charge in [-0.3, -0.25) is 13.8 Å². The SMILES string of the molecule is CCCCCCCC/C=C\CCCCCCCC(=O)O[C@H](COCCCCCCCCCCCCCCCCCC)COP(=O)(O)OCCCCCC[N+](C)(C)C. The van der Waals surface area contributed by atoms with Gasteiger partial charge in [0.2, 0.25) is 0 Å². The lowest BCUT2D eigenvalue weighted by molar-refractivity contribution is -0.870. The normalized spacial score (nSPS) is 13.7. The van der Waals surface area contributed by atoms with Crippen molar-refractivity contribution >= 4 is 13.8 Å². The highest BCUT2D eigenvalue weighted by Crippen LogP contribution is 2.43. The fourth-order valence-corrected chi connectivity index (χ4v) is 7.89. The molecular formula is C48H97NO7P+. The van der Waals surface area contributed by atoms with Crippen molar-refractivity contribution in [2.24, 2.45) is 0 Å². The first-order valence-corrected chi connectivity index (χ1v) is 25.9. The van der Waals surface area contributed by atoms with Gasteiger partial charge in [0, 0.05) is 13.0 Å². The van der Waals surface area contributed by atoms with Crippen molar-refractivity contribution < 1.29 is 37.3 Å². The fourth-order valence-electron chi connectivity index (χ4n) is 7.10. The van der Waals surface area contributed by atoms with E-state index in [4.69, 9.17) is 18.5 Å². The molecule has 0 aliphatic rings. The second-order valence-electron chi connectivity index (χ2n) is 17.9. The molecule has 8 nitrogen and oxygen atoms in total. The number of hydrogen-bond acceptors (Lipinski definition) is 6. The molecule has 0 saturated carbocycles. The van der Waals surface area contributed by atoms with Gasteiger partial charge >= 0.3 is 13.8 Å². The molecule has 340 valence electrons. The first kappa shape index (κ1) is 56.2. The van der Waals surface area contributed by atoms with Crippen molar-refractivity contribution in [1.82, 2.24) is 0 Å². The Balaban J connectivity index is 4.32. The van der Waals surface area contributed by atoms with Crippen molar-refractivity contribution in [2.75, 3.05) is 54.1 Å². The van der Waals surface area contributed by atoms with Crippen molar-refractivity contribution in [1.29, 1.82) is 0 Å². The molecule has 0 rings (SSSR count). The Hall–Kier alpha value is -0.760. The van der Waals surface area contributed by atoms with Crippen LogP contribution in [0.4, 0.5) is 0 Å². The quantitative estimate of drug-likeness (QED) is 0.0215. The molecule has 9 heteroatoms. The van der Waals surface area contributed by atoms with Crippen LogP contribution in [0.5, 0.6) is 0 Å². The Morgan fingerprint density at radius 1 is 0.526 bits per heavy atom. The summed E-state index contributed by atoms with van der Waals surface area (Å²) in [6.07, 6.45) is 44.8. The van der Waals surface area contributed by atoms with Gasteiger partial charge in [-0.15, -0.1) is 0 Å². The van der Waals surface area contributed by atoms with Gasteiger partial charge in [0.1, 0.15) is 6.10 Å². The van der Waals surface area contributed by atoms with Crippen LogP contribution in [0.15, 0.2) is 12.2 Å². The van der Waals surface area contributed by atoms with E-state index < -0.39 is 13.9 Å². The maximum Gasteiger partial charge on any atom is 0.472 e. The molecule has 0 bridgehead atoms. The number of rotatable bonds is 46. The van der Waals surface area contributed by atoms with E-state index in [1.165, 1.54) is 148 Å². The van der Waals surface area contributed by atoms with Gasteiger partial charge in [-0.05, 0) is 57.8 Å². The summed E-state index contributed by atoms with van der Waals surface area (Å²) >= 11 is 0. The molecule has 2 atom stereocenters. The molecule has 0 aliphatic heterocycles. The van der Waals surface area contributed by atoms with E-state index in [1.807, 2.05) is 0 Å². The number of nitrogens with zero attached hydrogens (tertiary/aromatic N) is 1. The third kappa shape index (κ3) is 46.2. The summed E-state index contributed by atoms with van der Waals surface area (Å²) in [5, 5.41) is 0. The van der Waals surface area contributed by atoms with Crippen LogP contribution in [0.1, 0.15) is 232 Å². The van der Waals surface area contributed by atoms with Crippen molar-refractivity contribution in [3.8, 4) is 0 Å². The molecule has 0 aromatic rings. The summed E-state index contributed by atoms with van der Waals surface area (Å²) in [5.74, 6) is -0.310. The summed E-state index contributed by atoms with van der Waals surface area (Å²) in [5.41, 5.74) is 0. The van der Waals surface area contributed by atoms with Crippen molar-refractivity contribution in [2.45, 2.75) is 238 Å². The minimum Gasteiger partial charge on any atom is -0.457 e. The molecule has 0 fully saturated rings. The summed E-state index contributed by atoms with van der Waals surface area (Å²) in [7, 11) is 2.28. The van der Waals surface area contributed by atoms with Crippen LogP contribution < -0.4 is 0 Å². The van der Waals surface area contributed by atoms with Gasteiger partial charge in [0.25, 0.3) is 0 Å². The molecule has 0 aromatic heterocycles. The summed E-state index contributed by atoms with van der Waals surface area (Å²) in [6.45, 7) is 6.28. The number of unbranched alkanes of at least 4 members (excludes halogenated alkanes) is 29. The van der Waals surface area contributed by atoms with Gasteiger partial charge in [0.15, 0.2) is 0 Å². The second kappa shape index (κ2) is 42.0. The lowest BCUT2D eigenvalue weighted by Crippen LogP contribution is -2.35. The number of esters is 1. The Bertz CT molecular complexity index is 925. The van der Waals surface area contributed by atoms with Gasteiger partial charge < -0.3 is 18.9 Å². The van der Waals surface area contributed by atoms with E-state index in [9.17, 15) is 14.3 Å². The van der Waals surface area contributed by atoms with Gasteiger partial charge in [-0.2, -0.15) is 0 Å². The second-order valence-corrected chi connectivity index (χ2v) is 19.3. The van der Waals surface area contributed by atoms with Crippen LogP contribution in [0.25, 0.3) is 0 Å². The molecule has 0 aliphatic carbocycles. The van der Waals surface area contributed by atoms with Gasteiger partial charge in [-0.1, -0.05) is 180 Å². The van der Waals surface area contributed by atoms with Crippen LogP contribution in [0, 0.1) is 0 Å². The van der Waals surface area contributed by atoms with Crippen LogP contribution >= 0.6 is 7.82 Å². The molecule has 0 spiro atoms. The third-order valence-electron chi connectivity index (χ3n) is 10.8. The molecule has 0 aromatic carbocycles. The summed E-state index contributed by atoms with van der Waals surface area (Å²) in [4.78, 5) is 23.1. The Morgan fingerprint density at radius 2 is 0.930 bits per heavy atom. The van der Waals surface area contributed by atoms with Crippen LogP contribution in [0.2, 0.25) is 0 Å². The topological polar surface area (TPSA) is 91.3 Å². The van der Waals surface area contributed by atoms with Gasteiger partial charge in [0.05, 0.1) is 47.5 Å². The predicted octanol–water partition coefficient (Wildman–Crippen LogP) is 14.6. The zero-order valence-electron chi connectivity index (χ0n) is 38.6. The number of hydrogen-bond donors (Lipinski definition) is 1. The minimum atomic E-state index is -4.26. The van der Waals surface area contributed by atoms with Crippen LogP contribution in [-0.4, -0.2) is 75.6 Å². The van der Waals surface area contributed by atoms with E-state index in [1.54, 1.807) is 0 Å². The lowest BCUT2D eigenvalue weighted by atomic mass is 10.0. The third-order valence-corrected chi connectivity index (χ3v) is 11.8. The number of phosphoric ester groups is 1. The minimum absolute atomic E-state index is 0.142. The van der Waals surface area contributed by atoms with E-state index in [-0.39, 0.29) is 25.8 Å². The standard InChI is InChI=1S/C48H96NO7P/c1-6-8-10-12-14-16-18-20-22-24-26-28-30-32-35-39-43-53-45-47(46-55-57(51,52)54-44-40-36-34-38-42-49(3,4)5)56-48(50)41-37-33-31-29-27-25-23-21-19-17-15-13-11-9-7-2/h21,23,47H,6-20,22,24-46H2,1-5H3/p+1/b23-21-/t47-/m1/s1. The first-order chi connectivity index (χ1) is 27.6. The smallest absolute Gasteiger partial charge is 0.457 e. The van der Waals surface area contributed by atoms with E-state index in [0.29, 0.717) is 19.4 Å². The zero-order valence-corrected chi connectivity index (χ0v) is 39.5. The maximum atomic E-state index is 12.8. The highest BCUT2D eigenvalue weighted by atomic mass is 31.2. The molecule has 0 radical (unpaired) electrons. The largest absolute Gasteiger partial charge is 0.472 e. The number of quaternary nitrogens is 1. The van der Waals surface area contributed by atoms with E-state index >= 15 is 0 Å². The molecule has 0 saturated heterocycles. The molecule has 57 heavy (non-hydrogen) atoms. The fraction of sp³-hybridized carbons (Fsp3) is 0.938. The van der Waals surface area contributed by atoms with Crippen LogP contribution in [-0.2, 0) is 27.9 Å². The van der Waals surface area contributed by atoms with E-state index in [0.717, 1.165) is 68.8 Å². The molecular weight excluding hydrogens is 734 g/mol. The number of allylic oxidation sites excluding steroid dienone is 2. The summed E-state index contributed by atoms with van der Waals surface area (Å²) < 4.78 is 35.7. The average Bonchev–Trinajstić information content (AvgIpc) is 3.17. The van der Waals surface area contributed by atoms with Crippen molar-refractivity contribution in [3.05, 3.63) is 12.2 Å².